The van der Waals surface area contributed by atoms with E-state index >= 15 is 0 Å². The molecule has 2 aromatic carbocycles. The minimum absolute atomic E-state index is 0.425. The first-order valence-corrected chi connectivity index (χ1v) is 9.20. The largest absolute Gasteiger partial charge is 0.463 e. The maximum absolute atomic E-state index is 12.8. The highest BCUT2D eigenvalue weighted by atomic mass is 79.9. The van der Waals surface area contributed by atoms with Crippen LogP contribution in [0.3, 0.4) is 0 Å². The molecule has 26 heavy (non-hydrogen) atoms. The molecule has 1 aromatic heterocycles. The third-order valence-corrected chi connectivity index (χ3v) is 4.81. The van der Waals surface area contributed by atoms with Crippen molar-refractivity contribution >= 4 is 44.0 Å². The molecule has 2 N–H and O–H groups in total. The van der Waals surface area contributed by atoms with Gasteiger partial charge in [0.2, 0.25) is 0 Å². The van der Waals surface area contributed by atoms with E-state index in [9.17, 15) is 9.90 Å². The summed E-state index contributed by atoms with van der Waals surface area (Å²) in [6.07, 6.45) is 2.87. The van der Waals surface area contributed by atoms with Crippen molar-refractivity contribution in [3.05, 3.63) is 92.8 Å². The van der Waals surface area contributed by atoms with Gasteiger partial charge in [-0.2, -0.15) is 5.10 Å². The van der Waals surface area contributed by atoms with Crippen LogP contribution in [-0.2, 0) is 10.4 Å². The van der Waals surface area contributed by atoms with Crippen molar-refractivity contribution in [1.29, 1.82) is 0 Å². The Hall–Kier alpha value is -2.22. The molecular formula is C19H14Br2N2O3. The highest BCUT2D eigenvalue weighted by molar-refractivity contribution is 9.10. The van der Waals surface area contributed by atoms with E-state index in [0.717, 1.165) is 8.95 Å². The van der Waals surface area contributed by atoms with Gasteiger partial charge >= 0.3 is 0 Å². The van der Waals surface area contributed by atoms with Gasteiger partial charge in [0.25, 0.3) is 5.91 Å². The lowest BCUT2D eigenvalue weighted by Gasteiger charge is -2.27. The fourth-order valence-corrected chi connectivity index (χ4v) is 2.94. The van der Waals surface area contributed by atoms with Crippen LogP contribution in [0, 0.1) is 0 Å². The van der Waals surface area contributed by atoms with Crippen LogP contribution < -0.4 is 5.43 Å². The minimum atomic E-state index is -1.90. The van der Waals surface area contributed by atoms with Crippen LogP contribution in [0.15, 0.2) is 85.4 Å². The molecule has 3 rings (SSSR count). The maximum atomic E-state index is 12.8. The highest BCUT2D eigenvalue weighted by Crippen LogP contribution is 2.31. The van der Waals surface area contributed by atoms with Crippen LogP contribution in [-0.4, -0.2) is 17.2 Å². The number of hydrogen-bond acceptors (Lipinski definition) is 4. The van der Waals surface area contributed by atoms with Crippen molar-refractivity contribution in [3.8, 4) is 0 Å². The molecule has 0 aliphatic carbocycles. The number of nitrogens with one attached hydrogen (secondary N) is 1. The van der Waals surface area contributed by atoms with Gasteiger partial charge < -0.3 is 9.52 Å². The van der Waals surface area contributed by atoms with E-state index in [0.29, 0.717) is 16.9 Å². The fraction of sp³-hybridized carbons (Fsp3) is 0.0526. The second kappa shape index (κ2) is 7.99. The predicted molar refractivity (Wildman–Crippen MR) is 106 cm³/mol. The first-order valence-electron chi connectivity index (χ1n) is 7.61. The summed E-state index contributed by atoms with van der Waals surface area (Å²) in [4.78, 5) is 12.8. The normalized spacial score (nSPS) is 11.7. The first kappa shape index (κ1) is 18.6. The molecule has 0 aliphatic rings. The SMILES string of the molecule is O=C(NN=Cc1ccco1)C(O)(c1ccc(Br)cc1)c1ccc(Br)cc1. The number of amides is 1. The predicted octanol–water partition coefficient (Wildman–Crippen LogP) is 4.19. The lowest BCUT2D eigenvalue weighted by Crippen LogP contribution is -2.43. The van der Waals surface area contributed by atoms with Gasteiger partial charge in [-0.15, -0.1) is 0 Å². The van der Waals surface area contributed by atoms with Crippen LogP contribution in [0.25, 0.3) is 0 Å². The number of rotatable bonds is 5. The van der Waals surface area contributed by atoms with Crippen molar-refractivity contribution in [1.82, 2.24) is 5.43 Å². The number of nitrogens with zero attached hydrogens (tertiary/aromatic N) is 1. The summed E-state index contributed by atoms with van der Waals surface area (Å²) in [7, 11) is 0. The molecule has 0 bridgehead atoms. The molecule has 0 aliphatic heterocycles. The zero-order valence-electron chi connectivity index (χ0n) is 13.4. The number of carbonyl (C=O) groups excluding carboxylic acids is 1. The van der Waals surface area contributed by atoms with Crippen molar-refractivity contribution in [3.63, 3.8) is 0 Å². The molecule has 0 spiro atoms. The quantitative estimate of drug-likeness (QED) is 0.427. The minimum Gasteiger partial charge on any atom is -0.463 e. The lowest BCUT2D eigenvalue weighted by atomic mass is 9.85. The third-order valence-electron chi connectivity index (χ3n) is 3.75. The van der Waals surface area contributed by atoms with Gasteiger partial charge in [-0.1, -0.05) is 56.1 Å². The van der Waals surface area contributed by atoms with Gasteiger partial charge in [0, 0.05) is 8.95 Å². The monoisotopic (exact) mass is 476 g/mol. The molecule has 132 valence electrons. The van der Waals surface area contributed by atoms with Crippen LogP contribution in [0.2, 0.25) is 0 Å². The van der Waals surface area contributed by atoms with Gasteiger partial charge in [-0.3, -0.25) is 4.79 Å². The topological polar surface area (TPSA) is 74.8 Å². The number of aliphatic hydroxyl groups is 1. The van der Waals surface area contributed by atoms with E-state index in [-0.39, 0.29) is 0 Å². The Morgan fingerprint density at radius 3 is 2.00 bits per heavy atom. The lowest BCUT2D eigenvalue weighted by molar-refractivity contribution is -0.136. The Kier molecular flexibility index (Phi) is 5.70. The van der Waals surface area contributed by atoms with Crippen LogP contribution in [0.4, 0.5) is 0 Å². The van der Waals surface area contributed by atoms with Crippen molar-refractivity contribution in [2.75, 3.05) is 0 Å². The maximum Gasteiger partial charge on any atom is 0.281 e. The number of benzene rings is 2. The molecule has 5 nitrogen and oxygen atoms in total. The van der Waals surface area contributed by atoms with Gasteiger partial charge in [-0.25, -0.2) is 5.43 Å². The second-order valence-electron chi connectivity index (χ2n) is 5.44. The average Bonchev–Trinajstić information content (AvgIpc) is 3.15. The Morgan fingerprint density at radius 1 is 1.00 bits per heavy atom. The zero-order valence-corrected chi connectivity index (χ0v) is 16.6. The molecular weight excluding hydrogens is 464 g/mol. The van der Waals surface area contributed by atoms with Crippen LogP contribution in [0.1, 0.15) is 16.9 Å². The summed E-state index contributed by atoms with van der Waals surface area (Å²) in [5.74, 6) is -0.189. The number of furan rings is 1. The second-order valence-corrected chi connectivity index (χ2v) is 7.27. The molecule has 0 fully saturated rings. The van der Waals surface area contributed by atoms with Gasteiger partial charge in [0.1, 0.15) is 5.76 Å². The third kappa shape index (κ3) is 3.95. The summed E-state index contributed by atoms with van der Waals surface area (Å²) in [5, 5.41) is 15.2. The summed E-state index contributed by atoms with van der Waals surface area (Å²) >= 11 is 6.71. The van der Waals surface area contributed by atoms with Crippen molar-refractivity contribution < 1.29 is 14.3 Å². The van der Waals surface area contributed by atoms with Crippen LogP contribution in [0.5, 0.6) is 0 Å². The van der Waals surface area contributed by atoms with Gasteiger partial charge in [0.15, 0.2) is 5.60 Å². The smallest absolute Gasteiger partial charge is 0.281 e. The van der Waals surface area contributed by atoms with Crippen LogP contribution >= 0.6 is 31.9 Å². The zero-order chi connectivity index (χ0) is 18.6. The Labute approximate surface area is 167 Å². The molecule has 0 atom stereocenters. The van der Waals surface area contributed by atoms with E-state index in [4.69, 9.17) is 4.42 Å². The Balaban J connectivity index is 1.95. The van der Waals surface area contributed by atoms with E-state index in [1.165, 1.54) is 12.5 Å². The van der Waals surface area contributed by atoms with E-state index in [1.54, 1.807) is 60.7 Å². The number of hydrazone groups is 1. The summed E-state index contributed by atoms with van der Waals surface area (Å²) in [5.41, 5.74) is 1.33. The standard InChI is InChI=1S/C19H14Br2N2O3/c20-15-7-3-13(4-8-15)19(25,14-5-9-16(21)10-6-14)18(24)23-22-12-17-2-1-11-26-17/h1-12,25H,(H,23,24). The van der Waals surface area contributed by atoms with Crippen molar-refractivity contribution in [2.24, 2.45) is 5.10 Å². The summed E-state index contributed by atoms with van der Waals surface area (Å²) in [6, 6.07) is 17.2. The summed E-state index contributed by atoms with van der Waals surface area (Å²) < 4.78 is 6.81. The molecule has 0 saturated heterocycles. The van der Waals surface area contributed by atoms with Gasteiger partial charge in [0.05, 0.1) is 12.5 Å². The number of hydrogen-bond donors (Lipinski definition) is 2. The molecule has 0 unspecified atom stereocenters. The first-order chi connectivity index (χ1) is 12.5. The van der Waals surface area contributed by atoms with E-state index < -0.39 is 11.5 Å². The fourth-order valence-electron chi connectivity index (χ4n) is 2.41. The molecule has 7 heteroatoms. The Morgan fingerprint density at radius 2 is 1.54 bits per heavy atom. The summed E-state index contributed by atoms with van der Waals surface area (Å²) in [6.45, 7) is 0. The molecule has 1 amide bonds. The number of halogens is 2. The number of carbonyl (C=O) groups is 1. The van der Waals surface area contributed by atoms with Gasteiger partial charge in [-0.05, 0) is 47.5 Å². The average molecular weight is 478 g/mol. The molecule has 0 saturated carbocycles. The van der Waals surface area contributed by atoms with Crippen molar-refractivity contribution in [2.45, 2.75) is 5.60 Å². The Bertz CT molecular complexity index is 859. The molecule has 0 radical (unpaired) electrons. The highest BCUT2D eigenvalue weighted by Gasteiger charge is 2.40. The van der Waals surface area contributed by atoms with E-state index in [1.807, 2.05) is 0 Å². The van der Waals surface area contributed by atoms with E-state index in [2.05, 4.69) is 42.4 Å². The molecule has 1 heterocycles. The molecule has 3 aromatic rings.